The van der Waals surface area contributed by atoms with Crippen LogP contribution in [0.3, 0.4) is 0 Å². The average Bonchev–Trinajstić information content (AvgIpc) is 3.12. The van der Waals surface area contributed by atoms with Gasteiger partial charge in [0.2, 0.25) is 5.91 Å². The van der Waals surface area contributed by atoms with Crippen LogP contribution in [0.5, 0.6) is 0 Å². The molecule has 0 saturated carbocycles. The highest BCUT2D eigenvalue weighted by Gasteiger charge is 2.31. The first-order chi connectivity index (χ1) is 14.5. The van der Waals surface area contributed by atoms with E-state index in [4.69, 9.17) is 0 Å². The maximum absolute atomic E-state index is 13.0. The van der Waals surface area contributed by atoms with Crippen molar-refractivity contribution >= 4 is 17.5 Å². The topological polar surface area (TPSA) is 90.0 Å². The summed E-state index contributed by atoms with van der Waals surface area (Å²) in [4.78, 5) is 26.6. The normalized spacial score (nSPS) is 21.0. The Morgan fingerprint density at radius 1 is 1.13 bits per heavy atom. The van der Waals surface area contributed by atoms with E-state index in [-0.39, 0.29) is 5.92 Å². The van der Waals surface area contributed by atoms with Gasteiger partial charge in [-0.3, -0.25) is 9.89 Å². The van der Waals surface area contributed by atoms with Crippen LogP contribution in [0.2, 0.25) is 0 Å². The second-order valence-electron chi connectivity index (χ2n) is 8.93. The van der Waals surface area contributed by atoms with E-state index in [1.165, 1.54) is 0 Å². The van der Waals surface area contributed by atoms with Gasteiger partial charge in [0, 0.05) is 42.5 Å². The molecule has 0 unspecified atom stereocenters. The summed E-state index contributed by atoms with van der Waals surface area (Å²) in [7, 11) is 2.14. The van der Waals surface area contributed by atoms with Crippen LogP contribution in [0, 0.1) is 25.7 Å². The third-order valence-electron chi connectivity index (χ3n) is 6.25. The number of aromatic nitrogens is 4. The number of hydrogen-bond donors (Lipinski definition) is 2. The van der Waals surface area contributed by atoms with Crippen molar-refractivity contribution in [2.24, 2.45) is 11.8 Å². The fourth-order valence-corrected chi connectivity index (χ4v) is 4.65. The zero-order valence-corrected chi connectivity index (χ0v) is 18.3. The summed E-state index contributed by atoms with van der Waals surface area (Å²) in [5, 5.41) is 10.4. The Kier molecular flexibility index (Phi) is 6.32. The molecule has 30 heavy (non-hydrogen) atoms. The van der Waals surface area contributed by atoms with Crippen LogP contribution in [-0.4, -0.2) is 69.1 Å². The van der Waals surface area contributed by atoms with Gasteiger partial charge in [0.05, 0.1) is 0 Å². The molecule has 1 amide bonds. The van der Waals surface area contributed by atoms with Gasteiger partial charge >= 0.3 is 0 Å². The van der Waals surface area contributed by atoms with Gasteiger partial charge in [-0.2, -0.15) is 5.10 Å². The van der Waals surface area contributed by atoms with E-state index >= 15 is 0 Å². The Hall–Kier alpha value is -2.48. The predicted molar refractivity (Wildman–Crippen MR) is 117 cm³/mol. The standard InChI is InChI=1S/C22H33N7O/c1-15-11-21(27-26-15)25-20-13-19(23-16(2)24-20)12-17-5-4-8-29(14-17)22(30)18-6-9-28(3)10-7-18/h11,13,17-18H,4-10,12,14H2,1-3H3,(H2,23,24,25,26,27)/t17-/m0/s1. The zero-order valence-electron chi connectivity index (χ0n) is 18.3. The largest absolute Gasteiger partial charge is 0.342 e. The second kappa shape index (κ2) is 9.12. The maximum atomic E-state index is 13.0. The molecule has 2 aliphatic rings. The van der Waals surface area contributed by atoms with Crippen LogP contribution in [-0.2, 0) is 11.2 Å². The van der Waals surface area contributed by atoms with Crippen LogP contribution in [0.25, 0.3) is 0 Å². The minimum absolute atomic E-state index is 0.203. The van der Waals surface area contributed by atoms with Crippen LogP contribution in [0.15, 0.2) is 12.1 Å². The van der Waals surface area contributed by atoms with Crippen molar-refractivity contribution in [2.45, 2.75) is 46.0 Å². The van der Waals surface area contributed by atoms with Crippen molar-refractivity contribution in [3.63, 3.8) is 0 Å². The molecule has 2 aromatic rings. The molecule has 2 fully saturated rings. The molecule has 1 atom stereocenters. The number of likely N-dealkylation sites (tertiary alicyclic amines) is 2. The van der Waals surface area contributed by atoms with Gasteiger partial charge in [-0.05, 0) is 72.0 Å². The summed E-state index contributed by atoms with van der Waals surface area (Å²) in [6.07, 6.45) is 5.06. The molecule has 4 rings (SSSR count). The molecule has 2 saturated heterocycles. The molecule has 8 nitrogen and oxygen atoms in total. The highest BCUT2D eigenvalue weighted by atomic mass is 16.2. The van der Waals surface area contributed by atoms with Crippen LogP contribution >= 0.6 is 0 Å². The lowest BCUT2D eigenvalue weighted by atomic mass is 9.90. The number of aryl methyl sites for hydroxylation is 2. The van der Waals surface area contributed by atoms with E-state index < -0.39 is 0 Å². The van der Waals surface area contributed by atoms with E-state index in [1.807, 2.05) is 26.0 Å². The predicted octanol–water partition coefficient (Wildman–Crippen LogP) is 2.68. The quantitative estimate of drug-likeness (QED) is 0.786. The van der Waals surface area contributed by atoms with Gasteiger partial charge in [0.1, 0.15) is 11.6 Å². The fraction of sp³-hybridized carbons (Fsp3) is 0.636. The number of hydrogen-bond acceptors (Lipinski definition) is 6. The molecule has 2 N–H and O–H groups in total. The Labute approximate surface area is 178 Å². The smallest absolute Gasteiger partial charge is 0.225 e. The first-order valence-corrected chi connectivity index (χ1v) is 11.1. The second-order valence-corrected chi connectivity index (χ2v) is 8.93. The van der Waals surface area contributed by atoms with Gasteiger partial charge < -0.3 is 15.1 Å². The number of H-pyrrole nitrogens is 1. The lowest BCUT2D eigenvalue weighted by Gasteiger charge is -2.37. The first-order valence-electron chi connectivity index (χ1n) is 11.1. The molecular formula is C22H33N7O. The number of amides is 1. The summed E-state index contributed by atoms with van der Waals surface area (Å²) in [5.74, 6) is 3.28. The molecule has 0 bridgehead atoms. The number of nitrogens with zero attached hydrogens (tertiary/aromatic N) is 5. The molecule has 0 aromatic carbocycles. The molecule has 4 heterocycles. The molecule has 0 aliphatic carbocycles. The van der Waals surface area contributed by atoms with Crippen molar-refractivity contribution in [3.05, 3.63) is 29.3 Å². The Balaban J connectivity index is 1.38. The van der Waals surface area contributed by atoms with Crippen molar-refractivity contribution in [1.82, 2.24) is 30.0 Å². The average molecular weight is 412 g/mol. The van der Waals surface area contributed by atoms with E-state index in [1.54, 1.807) is 0 Å². The van der Waals surface area contributed by atoms with E-state index in [0.717, 1.165) is 87.1 Å². The van der Waals surface area contributed by atoms with Crippen molar-refractivity contribution < 1.29 is 4.79 Å². The summed E-state index contributed by atoms with van der Waals surface area (Å²) < 4.78 is 0. The Morgan fingerprint density at radius 2 is 1.93 bits per heavy atom. The van der Waals surface area contributed by atoms with Gasteiger partial charge in [0.15, 0.2) is 5.82 Å². The van der Waals surface area contributed by atoms with E-state index in [2.05, 4.69) is 42.3 Å². The first kappa shape index (κ1) is 20.8. The fourth-order valence-electron chi connectivity index (χ4n) is 4.65. The van der Waals surface area contributed by atoms with Crippen LogP contribution in [0.4, 0.5) is 11.6 Å². The van der Waals surface area contributed by atoms with Crippen molar-refractivity contribution in [3.8, 4) is 0 Å². The SMILES string of the molecule is Cc1nc(C[C@@H]2CCCN(C(=O)C3CCN(C)CC3)C2)cc(Nc2cc(C)[nH]n2)n1. The van der Waals surface area contributed by atoms with Crippen LogP contribution < -0.4 is 5.32 Å². The minimum atomic E-state index is 0.203. The minimum Gasteiger partial charge on any atom is -0.342 e. The summed E-state index contributed by atoms with van der Waals surface area (Å²) >= 11 is 0. The van der Waals surface area contributed by atoms with Gasteiger partial charge in [0.25, 0.3) is 0 Å². The number of carbonyl (C=O) groups excluding carboxylic acids is 1. The van der Waals surface area contributed by atoms with Gasteiger partial charge in [-0.1, -0.05) is 0 Å². The van der Waals surface area contributed by atoms with E-state index in [9.17, 15) is 4.79 Å². The van der Waals surface area contributed by atoms with Crippen molar-refractivity contribution in [1.29, 1.82) is 0 Å². The molecule has 2 aromatic heterocycles. The monoisotopic (exact) mass is 411 g/mol. The van der Waals surface area contributed by atoms with Gasteiger partial charge in [-0.15, -0.1) is 0 Å². The highest BCUT2D eigenvalue weighted by molar-refractivity contribution is 5.79. The molecular weight excluding hydrogens is 378 g/mol. The number of piperidine rings is 2. The highest BCUT2D eigenvalue weighted by Crippen LogP contribution is 2.25. The molecule has 8 heteroatoms. The summed E-state index contributed by atoms with van der Waals surface area (Å²) in [5.41, 5.74) is 2.02. The molecule has 2 aliphatic heterocycles. The molecule has 0 spiro atoms. The lowest BCUT2D eigenvalue weighted by molar-refractivity contribution is -0.138. The third kappa shape index (κ3) is 5.16. The third-order valence-corrected chi connectivity index (χ3v) is 6.25. The number of rotatable bonds is 5. The van der Waals surface area contributed by atoms with Crippen molar-refractivity contribution in [2.75, 3.05) is 38.5 Å². The Morgan fingerprint density at radius 3 is 2.67 bits per heavy atom. The maximum Gasteiger partial charge on any atom is 0.225 e. The zero-order chi connectivity index (χ0) is 21.1. The number of anilines is 2. The molecule has 162 valence electrons. The number of carbonyl (C=O) groups is 1. The summed E-state index contributed by atoms with van der Waals surface area (Å²) in [6.45, 7) is 7.68. The number of aromatic amines is 1. The van der Waals surface area contributed by atoms with Crippen LogP contribution in [0.1, 0.15) is 42.9 Å². The summed E-state index contributed by atoms with van der Waals surface area (Å²) in [6, 6.07) is 3.96. The molecule has 0 radical (unpaired) electrons. The van der Waals surface area contributed by atoms with E-state index in [0.29, 0.717) is 11.8 Å². The number of nitrogens with one attached hydrogen (secondary N) is 2. The Bertz CT molecular complexity index is 872. The lowest BCUT2D eigenvalue weighted by Crippen LogP contribution is -2.46. The van der Waals surface area contributed by atoms with Gasteiger partial charge in [-0.25, -0.2) is 9.97 Å².